The number of hydrogen-bond donors (Lipinski definition) is 9. The van der Waals surface area contributed by atoms with E-state index < -0.39 is 18.2 Å². The highest BCUT2D eigenvalue weighted by molar-refractivity contribution is 7.80. The van der Waals surface area contributed by atoms with Crippen LogP contribution >= 0.6 is 12.2 Å². The second-order valence-electron chi connectivity index (χ2n) is 13.7. The number of anilines is 2. The van der Waals surface area contributed by atoms with Crippen LogP contribution in [0.1, 0.15) is 33.6 Å². The first-order valence-corrected chi connectivity index (χ1v) is 19.1. The molecule has 3 heterocycles. The van der Waals surface area contributed by atoms with E-state index in [9.17, 15) is 34.2 Å². The van der Waals surface area contributed by atoms with Crippen molar-refractivity contribution < 1.29 is 33.8 Å². The molecule has 4 aliphatic rings. The number of hydrogen-bond acceptors (Lipinski definition) is 13. The molecule has 3 aromatic rings. The van der Waals surface area contributed by atoms with Gasteiger partial charge in [0, 0.05) is 77.9 Å². The largest absolute Gasteiger partial charge is 0.508 e. The number of fused-ring (bicyclic) bond motifs is 3. The van der Waals surface area contributed by atoms with Crippen LogP contribution in [0.3, 0.4) is 0 Å². The molecule has 3 amide bonds. The molecule has 2 atom stereocenters. The normalized spacial score (nSPS) is 15.6. The number of nitrogens with two attached hydrogens (primary N) is 1. The summed E-state index contributed by atoms with van der Waals surface area (Å²) in [5, 5.41) is 38.2. The number of aliphatic imine (C=N–C) groups is 3. The molecular formula is C41H38N10O8S. The van der Waals surface area contributed by atoms with E-state index in [1.54, 1.807) is 54.7 Å². The number of aromatic carboxylic acids is 1. The number of carboxylic acid groups (broad SMARTS) is 1. The number of phenols is 1. The summed E-state index contributed by atoms with van der Waals surface area (Å²) in [6.07, 6.45) is 1.49. The van der Waals surface area contributed by atoms with Gasteiger partial charge in [-0.2, -0.15) is 0 Å². The second kappa shape index (κ2) is 17.9. The van der Waals surface area contributed by atoms with Crippen molar-refractivity contribution in [3.05, 3.63) is 100 Å². The predicted molar refractivity (Wildman–Crippen MR) is 230 cm³/mol. The van der Waals surface area contributed by atoms with Gasteiger partial charge in [-0.1, -0.05) is 6.07 Å². The number of benzene rings is 4. The van der Waals surface area contributed by atoms with Crippen molar-refractivity contribution in [2.45, 2.75) is 25.0 Å². The minimum Gasteiger partial charge on any atom is -0.508 e. The van der Waals surface area contributed by atoms with Crippen LogP contribution < -0.4 is 43.1 Å². The third-order valence-corrected chi connectivity index (χ3v) is 9.67. The minimum absolute atomic E-state index is 0.0169. The Labute approximate surface area is 346 Å². The van der Waals surface area contributed by atoms with Gasteiger partial charge in [0.15, 0.2) is 28.7 Å². The van der Waals surface area contributed by atoms with Crippen molar-refractivity contribution >= 4 is 81.3 Å². The molecule has 1 aliphatic carbocycles. The predicted octanol–water partition coefficient (Wildman–Crippen LogP) is 2.66. The lowest BCUT2D eigenvalue weighted by atomic mass is 9.90. The maximum absolute atomic E-state index is 12.6. The number of thiocarbonyl (C=S) groups is 1. The SMILES string of the molecule is NC1=NC2N=CC(CNc3ccc(C(=O)NCCCC(=O)NCCNC(=S)Nc4ccc(-c5c6ccc(=O)cc-6oc6cc(O)ccc56)c(C(=O)O)c4)cc3)=NC2C(=O)N1. The maximum Gasteiger partial charge on any atom is 0.336 e. The molecule has 10 N–H and O–H groups in total. The molecule has 0 aromatic heterocycles. The molecule has 0 fully saturated rings. The number of aromatic hydroxyl groups is 1. The molecule has 0 saturated carbocycles. The molecule has 19 heteroatoms. The van der Waals surface area contributed by atoms with Crippen molar-refractivity contribution in [1.29, 1.82) is 0 Å². The van der Waals surface area contributed by atoms with E-state index in [0.29, 0.717) is 52.0 Å². The van der Waals surface area contributed by atoms with Crippen LogP contribution in [0.4, 0.5) is 11.4 Å². The zero-order valence-electron chi connectivity index (χ0n) is 31.7. The number of carbonyl (C=O) groups is 4. The van der Waals surface area contributed by atoms with E-state index in [1.807, 2.05) is 0 Å². The summed E-state index contributed by atoms with van der Waals surface area (Å²) in [7, 11) is 0. The molecule has 0 saturated heterocycles. The molecule has 306 valence electrons. The molecule has 0 bridgehead atoms. The van der Waals surface area contributed by atoms with E-state index in [0.717, 1.165) is 5.69 Å². The molecule has 18 nitrogen and oxygen atoms in total. The van der Waals surface area contributed by atoms with Gasteiger partial charge in [-0.15, -0.1) is 0 Å². The Hall–Kier alpha value is -7.67. The molecule has 2 unspecified atom stereocenters. The first-order chi connectivity index (χ1) is 28.9. The number of nitrogens with zero attached hydrogens (tertiary/aromatic N) is 3. The fourth-order valence-corrected chi connectivity index (χ4v) is 6.80. The lowest BCUT2D eigenvalue weighted by molar-refractivity contribution is -0.122. The average molecular weight is 831 g/mol. The topological polar surface area (TPSA) is 274 Å². The van der Waals surface area contributed by atoms with Crippen LogP contribution in [0, 0.1) is 0 Å². The summed E-state index contributed by atoms with van der Waals surface area (Å²) in [6.45, 7) is 1.14. The van der Waals surface area contributed by atoms with Crippen molar-refractivity contribution in [2.75, 3.05) is 36.8 Å². The summed E-state index contributed by atoms with van der Waals surface area (Å²) >= 11 is 5.40. The van der Waals surface area contributed by atoms with Crippen LogP contribution in [0.25, 0.3) is 33.4 Å². The van der Waals surface area contributed by atoms with Gasteiger partial charge in [-0.25, -0.2) is 9.79 Å². The number of nitrogens with one attached hydrogen (secondary N) is 6. The Morgan fingerprint density at radius 3 is 2.43 bits per heavy atom. The third-order valence-electron chi connectivity index (χ3n) is 9.43. The molecule has 60 heavy (non-hydrogen) atoms. The first kappa shape index (κ1) is 40.5. The van der Waals surface area contributed by atoms with Crippen LogP contribution in [-0.2, 0) is 9.59 Å². The number of carboxylic acids is 1. The average Bonchev–Trinajstić information content (AvgIpc) is 3.22. The Kier molecular flexibility index (Phi) is 12.1. The van der Waals surface area contributed by atoms with Gasteiger partial charge in [0.1, 0.15) is 17.1 Å². The lowest BCUT2D eigenvalue weighted by Crippen LogP contribution is -2.52. The highest BCUT2D eigenvalue weighted by Gasteiger charge is 2.34. The second-order valence-corrected chi connectivity index (χ2v) is 14.1. The number of phenolic OH excluding ortho intramolecular Hbond substituents is 1. The van der Waals surface area contributed by atoms with Crippen molar-refractivity contribution in [3.63, 3.8) is 0 Å². The standard InChI is InChI=1S/C41H38N10O8S/c42-40-50-36-35(38(56)51-40)48-24(20-47-36)19-46-22-5-3-21(4-6-22)37(55)44-13-1-2-33(54)43-14-15-45-41(60)49-23-7-10-27(30(16-23)39(57)58)34-28-11-8-25(52)17-31(28)59-32-18-26(53)9-12-29(32)34/h3-12,16-18,20,35-36,46,52H,1-2,13-15,19H2,(H,43,54)(H,44,55)(H,57,58)(H2,45,49,60)(H3,42,50,51,56). The van der Waals surface area contributed by atoms with Crippen LogP contribution in [-0.4, -0.2) is 95.3 Å². The summed E-state index contributed by atoms with van der Waals surface area (Å²) in [6, 6.07) is 19.5. The maximum atomic E-state index is 12.6. The molecular weight excluding hydrogens is 793 g/mol. The molecule has 3 aromatic carbocycles. The Morgan fingerprint density at radius 2 is 1.63 bits per heavy atom. The first-order valence-electron chi connectivity index (χ1n) is 18.7. The monoisotopic (exact) mass is 830 g/mol. The van der Waals surface area contributed by atoms with Crippen LogP contribution in [0.15, 0.2) is 103 Å². The Balaban J connectivity index is 0.826. The third kappa shape index (κ3) is 9.54. The van der Waals surface area contributed by atoms with Gasteiger partial charge >= 0.3 is 5.97 Å². The number of amides is 3. The fourth-order valence-electron chi connectivity index (χ4n) is 6.58. The van der Waals surface area contributed by atoms with Gasteiger partial charge in [0.25, 0.3) is 11.8 Å². The summed E-state index contributed by atoms with van der Waals surface area (Å²) in [5.41, 5.74) is 9.09. The van der Waals surface area contributed by atoms with Gasteiger partial charge in [0.05, 0.1) is 17.8 Å². The smallest absolute Gasteiger partial charge is 0.336 e. The van der Waals surface area contributed by atoms with E-state index in [4.69, 9.17) is 22.4 Å². The highest BCUT2D eigenvalue weighted by Crippen LogP contribution is 2.42. The fraction of sp³-hybridized carbons (Fsp3) is 0.195. The van der Waals surface area contributed by atoms with Crippen molar-refractivity contribution in [1.82, 2.24) is 21.3 Å². The zero-order valence-corrected chi connectivity index (χ0v) is 32.5. The molecule has 0 spiro atoms. The number of rotatable bonds is 14. The van der Waals surface area contributed by atoms with E-state index in [-0.39, 0.29) is 82.9 Å². The summed E-state index contributed by atoms with van der Waals surface area (Å²) in [4.78, 5) is 74.6. The molecule has 7 rings (SSSR count). The van der Waals surface area contributed by atoms with Gasteiger partial charge < -0.3 is 46.9 Å². The quantitative estimate of drug-likeness (QED) is 0.0443. The van der Waals surface area contributed by atoms with Crippen LogP contribution in [0.2, 0.25) is 0 Å². The van der Waals surface area contributed by atoms with Crippen molar-refractivity contribution in [2.24, 2.45) is 20.7 Å². The van der Waals surface area contributed by atoms with Crippen molar-refractivity contribution in [3.8, 4) is 28.2 Å². The molecule has 3 aliphatic heterocycles. The van der Waals surface area contributed by atoms with E-state index in [1.165, 1.54) is 30.3 Å². The zero-order chi connectivity index (χ0) is 42.3. The minimum atomic E-state index is -1.20. The number of carbonyl (C=O) groups excluding carboxylic acids is 3. The van der Waals surface area contributed by atoms with E-state index in [2.05, 4.69) is 46.9 Å². The summed E-state index contributed by atoms with van der Waals surface area (Å²) < 4.78 is 5.89. The Morgan fingerprint density at radius 1 is 0.867 bits per heavy atom. The van der Waals surface area contributed by atoms with Gasteiger partial charge in [-0.3, -0.25) is 34.5 Å². The van der Waals surface area contributed by atoms with Gasteiger partial charge in [-0.05, 0) is 84.9 Å². The van der Waals surface area contributed by atoms with E-state index >= 15 is 0 Å². The summed E-state index contributed by atoms with van der Waals surface area (Å²) in [5.74, 6) is -1.84. The van der Waals surface area contributed by atoms with Crippen LogP contribution in [0.5, 0.6) is 5.75 Å². The highest BCUT2D eigenvalue weighted by atomic mass is 32.1. The molecule has 0 radical (unpaired) electrons. The number of guanidine groups is 1. The van der Waals surface area contributed by atoms with Gasteiger partial charge in [0.2, 0.25) is 5.91 Å². The Bertz CT molecular complexity index is 2640. The lowest BCUT2D eigenvalue weighted by Gasteiger charge is -2.25.